The highest BCUT2D eigenvalue weighted by atomic mass is 19.1. The maximum atomic E-state index is 13.9. The Hall–Kier alpha value is -1.91. The minimum Gasteiger partial charge on any atom is -0.365 e. The van der Waals surface area contributed by atoms with Crippen molar-refractivity contribution < 1.29 is 4.39 Å². The van der Waals surface area contributed by atoms with Crippen LogP contribution < -0.4 is 4.90 Å². The molecule has 21 heavy (non-hydrogen) atoms. The summed E-state index contributed by atoms with van der Waals surface area (Å²) in [5, 5.41) is 4.38. The minimum absolute atomic E-state index is 0.225. The molecule has 0 fully saturated rings. The molecule has 1 aromatic heterocycles. The Balaban J connectivity index is 0.000000774. The lowest BCUT2D eigenvalue weighted by Gasteiger charge is -2.30. The number of nitrogens with zero attached hydrogens (tertiary/aromatic N) is 4. The molecule has 114 valence electrons. The molecule has 0 bridgehead atoms. The molecule has 1 aromatic carbocycles. The number of hydrogen-bond donors (Lipinski definition) is 0. The van der Waals surface area contributed by atoms with Gasteiger partial charge < -0.3 is 4.90 Å². The normalized spacial score (nSPS) is 12.7. The van der Waals surface area contributed by atoms with Crippen LogP contribution in [-0.4, -0.2) is 21.8 Å². The van der Waals surface area contributed by atoms with E-state index in [1.165, 1.54) is 6.07 Å². The topological polar surface area (TPSA) is 34.0 Å². The molecule has 0 aliphatic carbocycles. The summed E-state index contributed by atoms with van der Waals surface area (Å²) < 4.78 is 15.6. The Morgan fingerprint density at radius 2 is 1.90 bits per heavy atom. The van der Waals surface area contributed by atoms with E-state index in [1.54, 1.807) is 10.7 Å². The van der Waals surface area contributed by atoms with Crippen molar-refractivity contribution in [2.24, 2.45) is 0 Å². The van der Waals surface area contributed by atoms with Crippen molar-refractivity contribution in [3.63, 3.8) is 0 Å². The molecule has 0 spiro atoms. The molecule has 0 N–H and O–H groups in total. The van der Waals surface area contributed by atoms with Gasteiger partial charge in [0.25, 0.3) is 0 Å². The van der Waals surface area contributed by atoms with Gasteiger partial charge in [-0.1, -0.05) is 27.7 Å². The molecule has 0 amide bonds. The zero-order chi connectivity index (χ0) is 15.7. The fraction of sp³-hybridized carbons (Fsp3) is 0.500. The summed E-state index contributed by atoms with van der Waals surface area (Å²) in [5.74, 6) is 1.61. The van der Waals surface area contributed by atoms with E-state index >= 15 is 0 Å². The standard InChI is InChI=1S/C14H17FN4.C2H6/c1-8(2)11-5-10(15)6-12-14(11)18(4)7-13-16-9(3)17-19(12)13;1-2/h5-6,8H,7H2,1-4H3;1-2H3. The van der Waals surface area contributed by atoms with Gasteiger partial charge in [-0.3, -0.25) is 0 Å². The molecule has 0 unspecified atom stereocenters. The second-order valence-electron chi connectivity index (χ2n) is 5.36. The SMILES string of the molecule is CC.Cc1nc2n(n1)-c1cc(F)cc(C(C)C)c1N(C)C2. The van der Waals surface area contributed by atoms with Crippen LogP contribution in [0.15, 0.2) is 12.1 Å². The van der Waals surface area contributed by atoms with Crippen LogP contribution in [0.4, 0.5) is 10.1 Å². The smallest absolute Gasteiger partial charge is 0.152 e. The number of anilines is 1. The lowest BCUT2D eigenvalue weighted by Crippen LogP contribution is -2.28. The van der Waals surface area contributed by atoms with Gasteiger partial charge in [0.2, 0.25) is 0 Å². The van der Waals surface area contributed by atoms with Gasteiger partial charge in [0, 0.05) is 13.1 Å². The Labute approximate surface area is 125 Å². The van der Waals surface area contributed by atoms with Gasteiger partial charge >= 0.3 is 0 Å². The number of fused-ring (bicyclic) bond motifs is 3. The van der Waals surface area contributed by atoms with Crippen LogP contribution in [0, 0.1) is 12.7 Å². The predicted octanol–water partition coefficient (Wildman–Crippen LogP) is 3.81. The van der Waals surface area contributed by atoms with Gasteiger partial charge in [-0.2, -0.15) is 5.10 Å². The number of aromatic nitrogens is 3. The number of rotatable bonds is 1. The van der Waals surface area contributed by atoms with E-state index in [2.05, 4.69) is 28.8 Å². The van der Waals surface area contributed by atoms with Crippen LogP contribution in [0.3, 0.4) is 0 Å². The third-order valence-electron chi connectivity index (χ3n) is 3.47. The molecule has 0 radical (unpaired) electrons. The van der Waals surface area contributed by atoms with Crippen LogP contribution in [0.2, 0.25) is 0 Å². The summed E-state index contributed by atoms with van der Waals surface area (Å²) in [4.78, 5) is 6.51. The highest BCUT2D eigenvalue weighted by Crippen LogP contribution is 2.37. The van der Waals surface area contributed by atoms with Gasteiger partial charge in [-0.05, 0) is 24.5 Å². The summed E-state index contributed by atoms with van der Waals surface area (Å²) >= 11 is 0. The second-order valence-corrected chi connectivity index (χ2v) is 5.36. The van der Waals surface area contributed by atoms with Crippen LogP contribution in [0.25, 0.3) is 5.69 Å². The molecular weight excluding hydrogens is 267 g/mol. The molecule has 2 aromatic rings. The summed E-state index contributed by atoms with van der Waals surface area (Å²) in [6.45, 7) is 10.7. The quantitative estimate of drug-likeness (QED) is 0.800. The van der Waals surface area contributed by atoms with Crippen molar-refractivity contribution in [2.75, 3.05) is 11.9 Å². The second kappa shape index (κ2) is 5.84. The van der Waals surface area contributed by atoms with E-state index in [1.807, 2.05) is 27.8 Å². The van der Waals surface area contributed by atoms with Crippen molar-refractivity contribution in [3.8, 4) is 5.69 Å². The molecule has 5 heteroatoms. The largest absolute Gasteiger partial charge is 0.365 e. The zero-order valence-corrected chi connectivity index (χ0v) is 13.6. The summed E-state index contributed by atoms with van der Waals surface area (Å²) in [6.07, 6.45) is 0. The number of aryl methyl sites for hydroxylation is 1. The first-order chi connectivity index (χ1) is 9.97. The zero-order valence-electron chi connectivity index (χ0n) is 13.6. The highest BCUT2D eigenvalue weighted by Gasteiger charge is 2.26. The third-order valence-corrected chi connectivity index (χ3v) is 3.47. The molecular formula is C16H23FN4. The maximum absolute atomic E-state index is 13.9. The van der Waals surface area contributed by atoms with Crippen LogP contribution in [-0.2, 0) is 6.54 Å². The molecule has 4 nitrogen and oxygen atoms in total. The first kappa shape index (κ1) is 15.5. The van der Waals surface area contributed by atoms with Gasteiger partial charge in [0.15, 0.2) is 5.82 Å². The van der Waals surface area contributed by atoms with E-state index < -0.39 is 0 Å². The number of hydrogen-bond acceptors (Lipinski definition) is 3. The summed E-state index contributed by atoms with van der Waals surface area (Å²) in [5.41, 5.74) is 2.85. The summed E-state index contributed by atoms with van der Waals surface area (Å²) in [7, 11) is 2.01. The minimum atomic E-state index is -0.225. The molecule has 0 saturated heterocycles. The number of benzene rings is 1. The monoisotopic (exact) mass is 290 g/mol. The molecule has 1 aliphatic heterocycles. The van der Waals surface area contributed by atoms with Crippen molar-refractivity contribution in [3.05, 3.63) is 35.2 Å². The fourth-order valence-corrected chi connectivity index (χ4v) is 2.67. The molecule has 0 saturated carbocycles. The molecule has 0 atom stereocenters. The van der Waals surface area contributed by atoms with Gasteiger partial charge in [0.1, 0.15) is 11.6 Å². The predicted molar refractivity (Wildman–Crippen MR) is 83.6 cm³/mol. The lowest BCUT2D eigenvalue weighted by molar-refractivity contribution is 0.614. The average molecular weight is 290 g/mol. The first-order valence-corrected chi connectivity index (χ1v) is 7.45. The Kier molecular flexibility index (Phi) is 4.30. The Morgan fingerprint density at radius 3 is 2.52 bits per heavy atom. The van der Waals surface area contributed by atoms with Crippen LogP contribution >= 0.6 is 0 Å². The highest BCUT2D eigenvalue weighted by molar-refractivity contribution is 5.70. The van der Waals surface area contributed by atoms with E-state index in [9.17, 15) is 4.39 Å². The van der Waals surface area contributed by atoms with Gasteiger partial charge in [0.05, 0.1) is 17.9 Å². The Morgan fingerprint density at radius 1 is 1.24 bits per heavy atom. The fourth-order valence-electron chi connectivity index (χ4n) is 2.67. The van der Waals surface area contributed by atoms with Gasteiger partial charge in [-0.15, -0.1) is 0 Å². The van der Waals surface area contributed by atoms with E-state index in [4.69, 9.17) is 0 Å². The molecule has 1 aliphatic rings. The first-order valence-electron chi connectivity index (χ1n) is 7.45. The molecule has 3 rings (SSSR count). The van der Waals surface area contributed by atoms with Crippen molar-refractivity contribution in [2.45, 2.75) is 47.1 Å². The average Bonchev–Trinajstić information content (AvgIpc) is 2.80. The van der Waals surface area contributed by atoms with Crippen molar-refractivity contribution in [1.82, 2.24) is 14.8 Å². The van der Waals surface area contributed by atoms with Gasteiger partial charge in [-0.25, -0.2) is 14.1 Å². The van der Waals surface area contributed by atoms with Crippen molar-refractivity contribution >= 4 is 5.69 Å². The molecule has 2 heterocycles. The lowest BCUT2D eigenvalue weighted by atomic mass is 9.98. The summed E-state index contributed by atoms with van der Waals surface area (Å²) in [6, 6.07) is 3.16. The van der Waals surface area contributed by atoms with E-state index in [0.717, 1.165) is 22.8 Å². The van der Waals surface area contributed by atoms with E-state index in [-0.39, 0.29) is 11.7 Å². The van der Waals surface area contributed by atoms with Crippen molar-refractivity contribution in [1.29, 1.82) is 0 Å². The van der Waals surface area contributed by atoms with E-state index in [0.29, 0.717) is 12.4 Å². The van der Waals surface area contributed by atoms with Crippen LogP contribution in [0.5, 0.6) is 0 Å². The number of halogens is 1. The third kappa shape index (κ3) is 2.64. The maximum Gasteiger partial charge on any atom is 0.152 e. The Bertz CT molecular complexity index is 646. The van der Waals surface area contributed by atoms with Crippen LogP contribution in [0.1, 0.15) is 50.8 Å².